The lowest BCUT2D eigenvalue weighted by Gasteiger charge is -2.12. The SMILES string of the molecule is COC(C)COc1ccc(/C(N)=N/O)cc1[N+](=O)[O-]. The Morgan fingerprint density at radius 1 is 1.63 bits per heavy atom. The van der Waals surface area contributed by atoms with E-state index in [-0.39, 0.29) is 35.5 Å². The molecule has 19 heavy (non-hydrogen) atoms. The van der Waals surface area contributed by atoms with Gasteiger partial charge in [-0.15, -0.1) is 0 Å². The molecule has 0 saturated heterocycles. The van der Waals surface area contributed by atoms with E-state index in [0.717, 1.165) is 0 Å². The molecule has 0 heterocycles. The van der Waals surface area contributed by atoms with Crippen LogP contribution in [0.5, 0.6) is 5.75 Å². The van der Waals surface area contributed by atoms with Crippen molar-refractivity contribution in [3.05, 3.63) is 33.9 Å². The molecule has 0 amide bonds. The van der Waals surface area contributed by atoms with Crippen molar-refractivity contribution in [1.29, 1.82) is 0 Å². The fourth-order valence-electron chi connectivity index (χ4n) is 1.27. The molecule has 0 aliphatic carbocycles. The van der Waals surface area contributed by atoms with Gasteiger partial charge < -0.3 is 20.4 Å². The van der Waals surface area contributed by atoms with Crippen LogP contribution in [0.2, 0.25) is 0 Å². The summed E-state index contributed by atoms with van der Waals surface area (Å²) in [7, 11) is 1.52. The van der Waals surface area contributed by atoms with Crippen molar-refractivity contribution in [3.63, 3.8) is 0 Å². The first-order valence-corrected chi connectivity index (χ1v) is 5.41. The molecule has 104 valence electrons. The number of nitrogens with zero attached hydrogens (tertiary/aromatic N) is 2. The van der Waals surface area contributed by atoms with Crippen LogP contribution in [0.3, 0.4) is 0 Å². The van der Waals surface area contributed by atoms with E-state index in [1.807, 2.05) is 0 Å². The summed E-state index contributed by atoms with van der Waals surface area (Å²) >= 11 is 0. The average molecular weight is 269 g/mol. The zero-order valence-electron chi connectivity index (χ0n) is 10.6. The lowest BCUT2D eigenvalue weighted by atomic mass is 10.1. The fourth-order valence-corrected chi connectivity index (χ4v) is 1.27. The molecule has 0 aliphatic rings. The first kappa shape index (κ1) is 14.7. The van der Waals surface area contributed by atoms with Crippen LogP contribution in [0, 0.1) is 10.1 Å². The van der Waals surface area contributed by atoms with Gasteiger partial charge >= 0.3 is 5.69 Å². The van der Waals surface area contributed by atoms with E-state index in [1.165, 1.54) is 25.3 Å². The van der Waals surface area contributed by atoms with Crippen LogP contribution in [0.15, 0.2) is 23.4 Å². The highest BCUT2D eigenvalue weighted by Crippen LogP contribution is 2.28. The monoisotopic (exact) mass is 269 g/mol. The number of amidine groups is 1. The Labute approximate surface area is 109 Å². The van der Waals surface area contributed by atoms with Crippen LogP contribution in [0.25, 0.3) is 0 Å². The van der Waals surface area contributed by atoms with Gasteiger partial charge in [-0.1, -0.05) is 5.16 Å². The van der Waals surface area contributed by atoms with E-state index in [9.17, 15) is 10.1 Å². The van der Waals surface area contributed by atoms with Crippen LogP contribution in [-0.4, -0.2) is 35.8 Å². The Morgan fingerprint density at radius 2 is 2.32 bits per heavy atom. The Balaban J connectivity index is 3.02. The largest absolute Gasteiger partial charge is 0.484 e. The number of nitrogens with two attached hydrogens (primary N) is 1. The van der Waals surface area contributed by atoms with Crippen LogP contribution in [-0.2, 0) is 4.74 Å². The molecule has 0 saturated carbocycles. The highest BCUT2D eigenvalue weighted by atomic mass is 16.6. The minimum absolute atomic E-state index is 0.100. The van der Waals surface area contributed by atoms with E-state index in [1.54, 1.807) is 6.92 Å². The normalized spacial score (nSPS) is 13.1. The first-order valence-electron chi connectivity index (χ1n) is 5.41. The highest BCUT2D eigenvalue weighted by Gasteiger charge is 2.18. The number of nitro benzene ring substituents is 1. The lowest BCUT2D eigenvalue weighted by molar-refractivity contribution is -0.385. The number of nitro groups is 1. The van der Waals surface area contributed by atoms with Crippen molar-refractivity contribution in [1.82, 2.24) is 0 Å². The maximum atomic E-state index is 11.0. The zero-order valence-corrected chi connectivity index (χ0v) is 10.6. The van der Waals surface area contributed by atoms with Gasteiger partial charge in [-0.3, -0.25) is 10.1 Å². The van der Waals surface area contributed by atoms with Gasteiger partial charge in [0.05, 0.1) is 11.0 Å². The predicted molar refractivity (Wildman–Crippen MR) is 67.6 cm³/mol. The number of ether oxygens (including phenoxy) is 2. The van der Waals surface area contributed by atoms with Crippen molar-refractivity contribution >= 4 is 11.5 Å². The van der Waals surface area contributed by atoms with Gasteiger partial charge in [0.15, 0.2) is 11.6 Å². The summed E-state index contributed by atoms with van der Waals surface area (Å²) < 4.78 is 10.3. The molecule has 0 radical (unpaired) electrons. The number of methoxy groups -OCH3 is 1. The Morgan fingerprint density at radius 3 is 2.84 bits per heavy atom. The molecule has 1 unspecified atom stereocenters. The number of hydrogen-bond donors (Lipinski definition) is 2. The third kappa shape index (κ3) is 3.81. The van der Waals surface area contributed by atoms with Crippen molar-refractivity contribution in [2.45, 2.75) is 13.0 Å². The predicted octanol–water partition coefficient (Wildman–Crippen LogP) is 1.10. The standard InChI is InChI=1S/C11H15N3O5/c1-7(18-2)6-19-10-4-3-8(11(12)13-15)5-9(10)14(16)17/h3-5,7,15H,6H2,1-2H3,(H2,12,13). The van der Waals surface area contributed by atoms with E-state index in [0.29, 0.717) is 0 Å². The van der Waals surface area contributed by atoms with Crippen molar-refractivity contribution in [2.24, 2.45) is 10.9 Å². The Bertz CT molecular complexity index is 489. The molecule has 0 spiro atoms. The van der Waals surface area contributed by atoms with E-state index >= 15 is 0 Å². The summed E-state index contributed by atoms with van der Waals surface area (Å²) in [6, 6.07) is 4.05. The molecule has 8 nitrogen and oxygen atoms in total. The van der Waals surface area contributed by atoms with Gasteiger partial charge in [0.2, 0.25) is 0 Å². The van der Waals surface area contributed by atoms with Gasteiger partial charge in [-0.05, 0) is 19.1 Å². The molecule has 1 atom stereocenters. The van der Waals surface area contributed by atoms with Gasteiger partial charge in [0.1, 0.15) is 6.61 Å². The molecule has 1 aromatic carbocycles. The van der Waals surface area contributed by atoms with Gasteiger partial charge in [-0.25, -0.2) is 0 Å². The second-order valence-corrected chi connectivity index (χ2v) is 3.78. The molecule has 0 bridgehead atoms. The van der Waals surface area contributed by atoms with Crippen molar-refractivity contribution in [3.8, 4) is 5.75 Å². The summed E-state index contributed by atoms with van der Waals surface area (Å²) in [5.74, 6) is -0.108. The van der Waals surface area contributed by atoms with Gasteiger partial charge in [-0.2, -0.15) is 0 Å². The van der Waals surface area contributed by atoms with E-state index in [4.69, 9.17) is 20.4 Å². The van der Waals surface area contributed by atoms with Crippen LogP contribution in [0.4, 0.5) is 5.69 Å². The minimum Gasteiger partial charge on any atom is -0.484 e. The van der Waals surface area contributed by atoms with Gasteiger partial charge in [0.25, 0.3) is 0 Å². The summed E-state index contributed by atoms with van der Waals surface area (Å²) in [4.78, 5) is 10.4. The van der Waals surface area contributed by atoms with Crippen molar-refractivity contribution in [2.75, 3.05) is 13.7 Å². The summed E-state index contributed by atoms with van der Waals surface area (Å²) in [5.41, 5.74) is 5.35. The van der Waals surface area contributed by atoms with E-state index in [2.05, 4.69) is 5.16 Å². The molecular formula is C11H15N3O5. The second-order valence-electron chi connectivity index (χ2n) is 3.78. The maximum absolute atomic E-state index is 11.0. The quantitative estimate of drug-likeness (QED) is 0.262. The van der Waals surface area contributed by atoms with Crippen molar-refractivity contribution < 1.29 is 19.6 Å². The Kier molecular flexibility index (Phi) is 5.07. The van der Waals surface area contributed by atoms with Gasteiger partial charge in [0, 0.05) is 18.7 Å². The van der Waals surface area contributed by atoms with Crippen LogP contribution < -0.4 is 10.5 Å². The number of benzene rings is 1. The molecule has 0 aliphatic heterocycles. The maximum Gasteiger partial charge on any atom is 0.311 e. The van der Waals surface area contributed by atoms with E-state index < -0.39 is 4.92 Å². The highest BCUT2D eigenvalue weighted by molar-refractivity contribution is 5.97. The number of hydrogen-bond acceptors (Lipinski definition) is 6. The summed E-state index contributed by atoms with van der Waals surface area (Å²) in [6.45, 7) is 1.96. The third-order valence-corrected chi connectivity index (χ3v) is 2.44. The minimum atomic E-state index is -0.596. The average Bonchev–Trinajstić information content (AvgIpc) is 2.43. The molecule has 1 aromatic rings. The molecule has 0 fully saturated rings. The second kappa shape index (κ2) is 6.55. The number of rotatable bonds is 6. The zero-order chi connectivity index (χ0) is 14.4. The topological polar surface area (TPSA) is 120 Å². The first-order chi connectivity index (χ1) is 8.99. The van der Waals surface area contributed by atoms with Crippen LogP contribution >= 0.6 is 0 Å². The molecule has 3 N–H and O–H groups in total. The summed E-state index contributed by atoms with van der Waals surface area (Å²) in [6.07, 6.45) is -0.191. The fraction of sp³-hybridized carbons (Fsp3) is 0.364. The molecule has 0 aromatic heterocycles. The smallest absolute Gasteiger partial charge is 0.311 e. The van der Waals surface area contributed by atoms with Crippen LogP contribution in [0.1, 0.15) is 12.5 Å². The number of oxime groups is 1. The molecule has 1 rings (SSSR count). The third-order valence-electron chi connectivity index (χ3n) is 2.44. The molecular weight excluding hydrogens is 254 g/mol. The summed E-state index contributed by atoms with van der Waals surface area (Å²) in [5, 5.41) is 22.3. The Hall–Kier alpha value is -2.35. The molecule has 8 heteroatoms. The lowest BCUT2D eigenvalue weighted by Crippen LogP contribution is -2.17.